The molecule has 122 valence electrons. The summed E-state index contributed by atoms with van der Waals surface area (Å²) in [5, 5.41) is 7.51. The van der Waals surface area contributed by atoms with Crippen LogP contribution >= 0.6 is 23.6 Å². The van der Waals surface area contributed by atoms with Crippen molar-refractivity contribution in [3.05, 3.63) is 45.8 Å². The van der Waals surface area contributed by atoms with E-state index in [9.17, 15) is 4.79 Å². The highest BCUT2D eigenvalue weighted by molar-refractivity contribution is 7.80. The van der Waals surface area contributed by atoms with Gasteiger partial charge in [0, 0.05) is 10.6 Å². The maximum atomic E-state index is 11.8. The molecule has 0 saturated heterocycles. The van der Waals surface area contributed by atoms with Crippen molar-refractivity contribution in [1.82, 2.24) is 0 Å². The second kappa shape index (κ2) is 7.57. The first-order chi connectivity index (χ1) is 11.0. The molecule has 0 radical (unpaired) electrons. The second-order valence-corrected chi connectivity index (χ2v) is 6.80. The third kappa shape index (κ3) is 4.09. The molecule has 0 amide bonds. The number of benzene rings is 1. The minimum atomic E-state index is -0.371. The van der Waals surface area contributed by atoms with Crippen LogP contribution < -0.4 is 10.6 Å². The van der Waals surface area contributed by atoms with Crippen LogP contribution in [0.25, 0.3) is 0 Å². The zero-order chi connectivity index (χ0) is 17.0. The first-order valence-electron chi connectivity index (χ1n) is 7.31. The molecule has 0 saturated carbocycles. The fourth-order valence-corrected chi connectivity index (χ4v) is 3.49. The van der Waals surface area contributed by atoms with Gasteiger partial charge in [-0.1, -0.05) is 25.1 Å². The Balaban J connectivity index is 2.20. The van der Waals surface area contributed by atoms with Gasteiger partial charge < -0.3 is 15.4 Å². The van der Waals surface area contributed by atoms with E-state index in [2.05, 4.69) is 23.6 Å². The lowest BCUT2D eigenvalue weighted by molar-refractivity contribution is 0.0602. The fraction of sp³-hybridized carbons (Fsp3) is 0.294. The highest BCUT2D eigenvalue weighted by atomic mass is 32.1. The summed E-state index contributed by atoms with van der Waals surface area (Å²) in [7, 11) is 1.37. The Labute approximate surface area is 145 Å². The number of methoxy groups -OCH3 is 1. The van der Waals surface area contributed by atoms with Gasteiger partial charge in [-0.15, -0.1) is 11.3 Å². The van der Waals surface area contributed by atoms with Gasteiger partial charge >= 0.3 is 5.97 Å². The van der Waals surface area contributed by atoms with Crippen LogP contribution in [0.2, 0.25) is 0 Å². The average Bonchev–Trinajstić information content (AvgIpc) is 2.88. The number of hydrogen-bond acceptors (Lipinski definition) is 4. The molecule has 2 aromatic rings. The van der Waals surface area contributed by atoms with E-state index in [1.807, 2.05) is 26.0 Å². The normalized spacial score (nSPS) is 10.3. The molecule has 0 atom stereocenters. The summed E-state index contributed by atoms with van der Waals surface area (Å²) in [5.74, 6) is -0.371. The predicted molar refractivity (Wildman–Crippen MR) is 101 cm³/mol. The molecular formula is C17H20N2O2S2. The van der Waals surface area contributed by atoms with E-state index in [-0.39, 0.29) is 5.97 Å². The molecule has 2 N–H and O–H groups in total. The number of thiophene rings is 1. The first kappa shape index (κ1) is 17.4. The summed E-state index contributed by atoms with van der Waals surface area (Å²) in [4.78, 5) is 12.8. The van der Waals surface area contributed by atoms with Gasteiger partial charge in [-0.25, -0.2) is 4.79 Å². The summed E-state index contributed by atoms with van der Waals surface area (Å²) in [6, 6.07) is 7.95. The van der Waals surface area contributed by atoms with Crippen LogP contribution in [0.4, 0.5) is 10.7 Å². The number of nitrogens with one attached hydrogen (secondary N) is 2. The Morgan fingerprint density at radius 1 is 1.30 bits per heavy atom. The molecule has 0 aliphatic carbocycles. The number of aryl methyl sites for hydroxylation is 3. The molecule has 1 aromatic carbocycles. The lowest BCUT2D eigenvalue weighted by atomic mass is 10.1. The Morgan fingerprint density at radius 3 is 2.70 bits per heavy atom. The number of para-hydroxylation sites is 1. The smallest absolute Gasteiger partial charge is 0.340 e. The average molecular weight is 348 g/mol. The molecule has 0 bridgehead atoms. The molecule has 4 nitrogen and oxygen atoms in total. The van der Waals surface area contributed by atoms with Crippen LogP contribution in [0.1, 0.15) is 33.3 Å². The molecule has 1 heterocycles. The maximum Gasteiger partial charge on any atom is 0.340 e. The predicted octanol–water partition coefficient (Wildman–Crippen LogP) is 4.52. The lowest BCUT2D eigenvalue weighted by Gasteiger charge is -2.15. The number of hydrogen-bond donors (Lipinski definition) is 2. The SMILES string of the molecule is CCc1cccc(C)c1NC(=S)Nc1sc(C)cc1C(=O)OC. The van der Waals surface area contributed by atoms with Crippen molar-refractivity contribution in [2.45, 2.75) is 27.2 Å². The van der Waals surface area contributed by atoms with E-state index in [0.717, 1.165) is 22.5 Å². The first-order valence-corrected chi connectivity index (χ1v) is 8.54. The van der Waals surface area contributed by atoms with Crippen LogP contribution in [0.3, 0.4) is 0 Å². The van der Waals surface area contributed by atoms with Gasteiger partial charge in [0.1, 0.15) is 5.00 Å². The molecule has 0 unspecified atom stereocenters. The monoisotopic (exact) mass is 348 g/mol. The van der Waals surface area contributed by atoms with E-state index in [1.54, 1.807) is 6.07 Å². The van der Waals surface area contributed by atoms with Gasteiger partial charge in [0.25, 0.3) is 0 Å². The number of carbonyl (C=O) groups is 1. The van der Waals surface area contributed by atoms with E-state index < -0.39 is 0 Å². The summed E-state index contributed by atoms with van der Waals surface area (Å²) >= 11 is 6.88. The van der Waals surface area contributed by atoms with Gasteiger partial charge in [-0.2, -0.15) is 0 Å². The summed E-state index contributed by atoms with van der Waals surface area (Å²) in [5.41, 5.74) is 3.84. The van der Waals surface area contributed by atoms with Crippen molar-refractivity contribution in [2.24, 2.45) is 0 Å². The van der Waals surface area contributed by atoms with Crippen LogP contribution in [0.15, 0.2) is 24.3 Å². The molecule has 2 rings (SSSR count). The third-order valence-corrected chi connectivity index (χ3v) is 4.64. The number of ether oxygens (including phenoxy) is 1. The minimum absolute atomic E-state index is 0.371. The van der Waals surface area contributed by atoms with E-state index in [4.69, 9.17) is 17.0 Å². The maximum absolute atomic E-state index is 11.8. The van der Waals surface area contributed by atoms with Gasteiger partial charge in [0.05, 0.1) is 12.7 Å². The van der Waals surface area contributed by atoms with Crippen LogP contribution in [0, 0.1) is 13.8 Å². The van der Waals surface area contributed by atoms with E-state index in [1.165, 1.54) is 24.0 Å². The highest BCUT2D eigenvalue weighted by Crippen LogP contribution is 2.29. The van der Waals surface area contributed by atoms with Crippen molar-refractivity contribution < 1.29 is 9.53 Å². The van der Waals surface area contributed by atoms with Crippen LogP contribution in [0.5, 0.6) is 0 Å². The topological polar surface area (TPSA) is 50.4 Å². The number of anilines is 2. The van der Waals surface area contributed by atoms with Gasteiger partial charge in [-0.05, 0) is 49.7 Å². The Hall–Kier alpha value is -1.92. The fourth-order valence-electron chi connectivity index (χ4n) is 2.32. The Morgan fingerprint density at radius 2 is 2.04 bits per heavy atom. The minimum Gasteiger partial charge on any atom is -0.465 e. The summed E-state index contributed by atoms with van der Waals surface area (Å²) < 4.78 is 4.81. The van der Waals surface area contributed by atoms with Crippen molar-refractivity contribution in [3.63, 3.8) is 0 Å². The number of thiocarbonyl (C=S) groups is 1. The zero-order valence-corrected chi connectivity index (χ0v) is 15.3. The zero-order valence-electron chi connectivity index (χ0n) is 13.6. The molecule has 0 fully saturated rings. The quantitative estimate of drug-likeness (QED) is 0.628. The number of rotatable bonds is 4. The van der Waals surface area contributed by atoms with Gasteiger partial charge in [0.15, 0.2) is 5.11 Å². The third-order valence-electron chi connectivity index (χ3n) is 3.47. The molecular weight excluding hydrogens is 328 g/mol. The van der Waals surface area contributed by atoms with Crippen molar-refractivity contribution in [1.29, 1.82) is 0 Å². The molecule has 23 heavy (non-hydrogen) atoms. The standard InChI is InChI=1S/C17H20N2O2S2/c1-5-12-8-6-7-10(2)14(12)18-17(22)19-15-13(16(20)21-4)9-11(3)23-15/h6-9H,5H2,1-4H3,(H2,18,19,22). The summed E-state index contributed by atoms with van der Waals surface area (Å²) in [6.45, 7) is 6.09. The van der Waals surface area contributed by atoms with Crippen LogP contribution in [-0.4, -0.2) is 18.2 Å². The molecule has 6 heteroatoms. The summed E-state index contributed by atoms with van der Waals surface area (Å²) in [6.07, 6.45) is 0.915. The molecule has 0 aliphatic rings. The highest BCUT2D eigenvalue weighted by Gasteiger charge is 2.16. The molecule has 0 aliphatic heterocycles. The number of carbonyl (C=O) groups excluding carboxylic acids is 1. The van der Waals surface area contributed by atoms with E-state index >= 15 is 0 Å². The van der Waals surface area contributed by atoms with Crippen molar-refractivity contribution >= 4 is 45.3 Å². The molecule has 0 spiro atoms. The Bertz CT molecular complexity index is 738. The number of esters is 1. The van der Waals surface area contributed by atoms with Gasteiger partial charge in [-0.3, -0.25) is 0 Å². The molecule has 1 aromatic heterocycles. The van der Waals surface area contributed by atoms with Crippen molar-refractivity contribution in [3.8, 4) is 0 Å². The lowest BCUT2D eigenvalue weighted by Crippen LogP contribution is -2.21. The van der Waals surface area contributed by atoms with Crippen LogP contribution in [-0.2, 0) is 11.2 Å². The van der Waals surface area contributed by atoms with E-state index in [0.29, 0.717) is 15.7 Å². The van der Waals surface area contributed by atoms with Crippen molar-refractivity contribution in [2.75, 3.05) is 17.7 Å². The van der Waals surface area contributed by atoms with Gasteiger partial charge in [0.2, 0.25) is 0 Å². The Kier molecular flexibility index (Phi) is 5.74. The second-order valence-electron chi connectivity index (χ2n) is 5.13. The largest absolute Gasteiger partial charge is 0.465 e.